The summed E-state index contributed by atoms with van der Waals surface area (Å²) in [5.74, 6) is 0.260. The van der Waals surface area contributed by atoms with Crippen LogP contribution in [0.25, 0.3) is 21.1 Å². The van der Waals surface area contributed by atoms with E-state index in [1.54, 1.807) is 34.8 Å². The van der Waals surface area contributed by atoms with Gasteiger partial charge in [-0.1, -0.05) is 23.4 Å². The van der Waals surface area contributed by atoms with E-state index in [1.165, 1.54) is 23.1 Å². The van der Waals surface area contributed by atoms with E-state index < -0.39 is 0 Å². The van der Waals surface area contributed by atoms with Gasteiger partial charge < -0.3 is 0 Å². The molecule has 0 saturated heterocycles. The number of ketones is 1. The van der Waals surface area contributed by atoms with Gasteiger partial charge in [-0.2, -0.15) is 0 Å². The van der Waals surface area contributed by atoms with Crippen molar-refractivity contribution < 1.29 is 4.79 Å². The second-order valence-corrected chi connectivity index (χ2v) is 10.5. The van der Waals surface area contributed by atoms with Gasteiger partial charge in [-0.25, -0.2) is 4.98 Å². The van der Waals surface area contributed by atoms with Crippen LogP contribution in [-0.4, -0.2) is 26.7 Å². The van der Waals surface area contributed by atoms with Crippen LogP contribution in [0.2, 0.25) is 4.34 Å². The predicted molar refractivity (Wildman–Crippen MR) is 120 cm³/mol. The van der Waals surface area contributed by atoms with Crippen LogP contribution in [0.15, 0.2) is 40.2 Å². The van der Waals surface area contributed by atoms with Gasteiger partial charge in [0.1, 0.15) is 11.4 Å². The Morgan fingerprint density at radius 2 is 1.68 bits per heavy atom. The van der Waals surface area contributed by atoms with E-state index >= 15 is 0 Å². The van der Waals surface area contributed by atoms with E-state index in [9.17, 15) is 4.79 Å². The summed E-state index contributed by atoms with van der Waals surface area (Å²) < 4.78 is 0.609. The third-order valence-electron chi connectivity index (χ3n) is 4.00. The summed E-state index contributed by atoms with van der Waals surface area (Å²) >= 11 is 11.8. The maximum Gasteiger partial charge on any atom is 0.210 e. The van der Waals surface area contributed by atoms with E-state index in [1.807, 2.05) is 5.38 Å². The number of nitrogens with zero attached hydrogens (tertiary/aromatic N) is 3. The smallest absolute Gasteiger partial charge is 0.210 e. The highest BCUT2D eigenvalue weighted by atomic mass is 35.5. The van der Waals surface area contributed by atoms with Crippen molar-refractivity contribution in [2.45, 2.75) is 19.0 Å². The molecule has 0 fully saturated rings. The van der Waals surface area contributed by atoms with Gasteiger partial charge in [0.2, 0.25) is 5.16 Å². The van der Waals surface area contributed by atoms with Crippen molar-refractivity contribution >= 4 is 63.2 Å². The molecular weight excluding hydrogens is 450 g/mol. The number of carbonyl (C=O) groups is 1. The molecule has 0 aliphatic carbocycles. The summed E-state index contributed by atoms with van der Waals surface area (Å²) in [5.41, 5.74) is 3.92. The molecule has 28 heavy (non-hydrogen) atoms. The van der Waals surface area contributed by atoms with E-state index in [4.69, 9.17) is 16.6 Å². The van der Waals surface area contributed by atoms with Crippen LogP contribution < -0.4 is 0 Å². The van der Waals surface area contributed by atoms with Crippen molar-refractivity contribution in [2.75, 3.05) is 5.75 Å². The molecule has 142 valence electrons. The normalized spacial score (nSPS) is 11.1. The number of hydrogen-bond acceptors (Lipinski definition) is 8. The van der Waals surface area contributed by atoms with E-state index in [0.29, 0.717) is 14.4 Å². The minimum absolute atomic E-state index is 0.0116. The molecular formula is C19H14ClN3OS4. The lowest BCUT2D eigenvalue weighted by Crippen LogP contribution is -2.03. The largest absolute Gasteiger partial charge is 0.292 e. The van der Waals surface area contributed by atoms with Crippen molar-refractivity contribution in [3.63, 3.8) is 0 Å². The highest BCUT2D eigenvalue weighted by Gasteiger charge is 2.19. The Bertz CT molecular complexity index is 1150. The van der Waals surface area contributed by atoms with Crippen molar-refractivity contribution in [3.05, 3.63) is 55.4 Å². The quantitative estimate of drug-likeness (QED) is 0.237. The van der Waals surface area contributed by atoms with Crippen molar-refractivity contribution in [3.8, 4) is 21.1 Å². The average molecular weight is 464 g/mol. The molecule has 0 spiro atoms. The molecule has 4 rings (SSSR count). The number of thioether (sulfide) groups is 1. The number of aromatic nitrogens is 3. The van der Waals surface area contributed by atoms with Gasteiger partial charge in [0.05, 0.1) is 24.7 Å². The van der Waals surface area contributed by atoms with Crippen molar-refractivity contribution in [1.29, 1.82) is 0 Å². The average Bonchev–Trinajstić information content (AvgIpc) is 3.41. The third-order valence-corrected chi connectivity index (χ3v) is 8.16. The molecule has 0 aliphatic heterocycles. The number of Topliss-reactive ketones (excluding diaryl/α,β-unsaturated/α-hetero) is 1. The van der Waals surface area contributed by atoms with E-state index in [2.05, 4.69) is 41.6 Å². The molecule has 0 bridgehead atoms. The maximum atomic E-state index is 12.4. The molecule has 9 heteroatoms. The molecule has 0 unspecified atom stereocenters. The Labute approximate surface area is 183 Å². The van der Waals surface area contributed by atoms with Crippen LogP contribution in [0, 0.1) is 13.8 Å². The number of carbonyl (C=O) groups excluding carboxylic acids is 1. The minimum atomic E-state index is 0.0116. The summed E-state index contributed by atoms with van der Waals surface area (Å²) in [7, 11) is 0. The Morgan fingerprint density at radius 3 is 2.25 bits per heavy atom. The molecule has 0 saturated carbocycles. The van der Waals surface area contributed by atoms with Crippen LogP contribution in [0.3, 0.4) is 0 Å². The van der Waals surface area contributed by atoms with Gasteiger partial charge in [-0.3, -0.25) is 4.79 Å². The van der Waals surface area contributed by atoms with E-state index in [0.717, 1.165) is 32.3 Å². The Balaban J connectivity index is 1.66. The SMILES string of the molecule is Cc1ccsc1-c1nnc(SCC(=O)c2ccc(Cl)s2)nc1-c1sccc1C. The molecule has 0 aromatic carbocycles. The fourth-order valence-corrected chi connectivity index (χ4v) is 6.15. The van der Waals surface area contributed by atoms with Crippen LogP contribution >= 0.6 is 57.4 Å². The summed E-state index contributed by atoms with van der Waals surface area (Å²) in [6, 6.07) is 7.63. The Morgan fingerprint density at radius 1 is 1.00 bits per heavy atom. The number of hydrogen-bond donors (Lipinski definition) is 0. The molecule has 4 aromatic rings. The second-order valence-electron chi connectivity index (χ2n) is 5.97. The number of thiophene rings is 3. The first kappa shape index (κ1) is 19.7. The topological polar surface area (TPSA) is 55.7 Å². The summed E-state index contributed by atoms with van der Waals surface area (Å²) in [6.07, 6.45) is 0. The first-order valence-electron chi connectivity index (χ1n) is 8.28. The molecule has 0 aliphatic rings. The van der Waals surface area contributed by atoms with E-state index in [-0.39, 0.29) is 11.5 Å². The summed E-state index contributed by atoms with van der Waals surface area (Å²) in [6.45, 7) is 4.13. The summed E-state index contributed by atoms with van der Waals surface area (Å²) in [5, 5.41) is 13.4. The van der Waals surface area contributed by atoms with Gasteiger partial charge >= 0.3 is 0 Å². The lowest BCUT2D eigenvalue weighted by Gasteiger charge is -2.08. The zero-order valence-electron chi connectivity index (χ0n) is 14.9. The highest BCUT2D eigenvalue weighted by Crippen LogP contribution is 2.38. The molecule has 4 aromatic heterocycles. The minimum Gasteiger partial charge on any atom is -0.292 e. The number of aryl methyl sites for hydroxylation is 2. The first-order valence-corrected chi connectivity index (χ1v) is 12.2. The predicted octanol–water partition coefficient (Wildman–Crippen LogP) is 6.64. The Hall–Kier alpha value is -1.58. The molecule has 4 nitrogen and oxygen atoms in total. The summed E-state index contributed by atoms with van der Waals surface area (Å²) in [4.78, 5) is 19.9. The molecule has 0 atom stereocenters. The number of halogens is 1. The van der Waals surface area contributed by atoms with Crippen LogP contribution in [0.1, 0.15) is 20.8 Å². The van der Waals surface area contributed by atoms with Crippen LogP contribution in [-0.2, 0) is 0 Å². The third kappa shape index (κ3) is 4.06. The van der Waals surface area contributed by atoms with Gasteiger partial charge in [0.25, 0.3) is 0 Å². The molecule has 0 radical (unpaired) electrons. The Kier molecular flexibility index (Phi) is 5.93. The highest BCUT2D eigenvalue weighted by molar-refractivity contribution is 7.99. The van der Waals surface area contributed by atoms with Gasteiger partial charge in [0.15, 0.2) is 5.78 Å². The number of rotatable bonds is 6. The lowest BCUT2D eigenvalue weighted by molar-refractivity contribution is 0.102. The molecule has 4 heterocycles. The maximum absolute atomic E-state index is 12.4. The molecule has 0 N–H and O–H groups in total. The van der Waals surface area contributed by atoms with Crippen LogP contribution in [0.4, 0.5) is 0 Å². The van der Waals surface area contributed by atoms with Gasteiger partial charge in [-0.15, -0.1) is 44.2 Å². The van der Waals surface area contributed by atoms with Crippen molar-refractivity contribution in [1.82, 2.24) is 15.2 Å². The van der Waals surface area contributed by atoms with Gasteiger partial charge in [-0.05, 0) is 60.0 Å². The van der Waals surface area contributed by atoms with Crippen LogP contribution in [0.5, 0.6) is 0 Å². The fraction of sp³-hybridized carbons (Fsp3) is 0.158. The zero-order valence-corrected chi connectivity index (χ0v) is 19.0. The first-order chi connectivity index (χ1) is 13.5. The second kappa shape index (κ2) is 8.42. The fourth-order valence-electron chi connectivity index (χ4n) is 2.58. The monoisotopic (exact) mass is 463 g/mol. The molecule has 0 amide bonds. The lowest BCUT2D eigenvalue weighted by atomic mass is 10.1. The van der Waals surface area contributed by atoms with Gasteiger partial charge in [0, 0.05) is 0 Å². The standard InChI is InChI=1S/C19H14ClN3OS4/c1-10-5-7-25-17(10)15-16(18-11(2)6-8-26-18)22-23-19(21-15)27-9-12(24)13-3-4-14(20)28-13/h3-8H,9H2,1-2H3. The van der Waals surface area contributed by atoms with Crippen molar-refractivity contribution in [2.24, 2.45) is 0 Å². The zero-order chi connectivity index (χ0) is 19.7.